The van der Waals surface area contributed by atoms with Crippen LogP contribution in [0.2, 0.25) is 0 Å². The Morgan fingerprint density at radius 1 is 1.03 bits per heavy atom. The molecule has 7 heteroatoms. The maximum atomic E-state index is 12.6. The predicted octanol–water partition coefficient (Wildman–Crippen LogP) is 3.15. The van der Waals surface area contributed by atoms with Crippen molar-refractivity contribution in [2.45, 2.75) is 12.8 Å². The molecule has 6 nitrogen and oxygen atoms in total. The third-order valence-corrected chi connectivity index (χ3v) is 6.28. The van der Waals surface area contributed by atoms with E-state index in [0.29, 0.717) is 44.4 Å². The lowest BCUT2D eigenvalue weighted by molar-refractivity contribution is 0.0303. The maximum absolute atomic E-state index is 12.6. The monoisotopic (exact) mass is 414 g/mol. The zero-order valence-electron chi connectivity index (χ0n) is 16.4. The summed E-state index contributed by atoms with van der Waals surface area (Å²) in [4.78, 5) is 29.6. The fourth-order valence-corrected chi connectivity index (χ4v) is 4.49. The first-order valence-corrected chi connectivity index (χ1v) is 11.0. The summed E-state index contributed by atoms with van der Waals surface area (Å²) in [7, 11) is 0. The number of amides is 2. The minimum Gasteiger partial charge on any atom is -0.493 e. The van der Waals surface area contributed by atoms with E-state index in [-0.39, 0.29) is 11.8 Å². The van der Waals surface area contributed by atoms with Crippen LogP contribution in [0.1, 0.15) is 32.9 Å². The van der Waals surface area contributed by atoms with Crippen molar-refractivity contribution in [3.63, 3.8) is 0 Å². The molecule has 2 amide bonds. The number of thiophene rings is 1. The number of hydrogen-bond donors (Lipinski definition) is 0. The average Bonchev–Trinajstić information content (AvgIpc) is 3.33. The Labute approximate surface area is 175 Å². The van der Waals surface area contributed by atoms with Crippen molar-refractivity contribution in [3.8, 4) is 5.75 Å². The van der Waals surface area contributed by atoms with Gasteiger partial charge >= 0.3 is 0 Å². The Hall–Kier alpha value is -2.38. The molecule has 0 spiro atoms. The Bertz CT molecular complexity index is 816. The first-order valence-electron chi connectivity index (χ1n) is 10.1. The lowest BCUT2D eigenvalue weighted by atomic mass is 9.99. The number of carbonyl (C=O) groups is 2. The van der Waals surface area contributed by atoms with Crippen LogP contribution in [-0.4, -0.2) is 67.6 Å². The van der Waals surface area contributed by atoms with Gasteiger partial charge in [-0.3, -0.25) is 9.59 Å². The molecule has 1 aromatic heterocycles. The van der Waals surface area contributed by atoms with Crippen LogP contribution >= 0.6 is 11.3 Å². The highest BCUT2D eigenvalue weighted by molar-refractivity contribution is 7.12. The number of piperidine rings is 1. The molecule has 1 atom stereocenters. The van der Waals surface area contributed by atoms with Gasteiger partial charge in [-0.25, -0.2) is 0 Å². The number of hydrogen-bond acceptors (Lipinski definition) is 5. The van der Waals surface area contributed by atoms with E-state index in [9.17, 15) is 9.59 Å². The Morgan fingerprint density at radius 3 is 2.55 bits per heavy atom. The molecule has 0 radical (unpaired) electrons. The molecule has 29 heavy (non-hydrogen) atoms. The van der Waals surface area contributed by atoms with E-state index in [1.165, 1.54) is 11.3 Å². The SMILES string of the molecule is O=C(c1ccc(OCC2CCCN(C(=O)c3cccs3)C2)cc1)N1CCOCC1. The Kier molecular flexibility index (Phi) is 6.46. The van der Waals surface area contributed by atoms with Crippen LogP contribution in [0, 0.1) is 5.92 Å². The van der Waals surface area contributed by atoms with Gasteiger partial charge in [-0.05, 0) is 48.6 Å². The lowest BCUT2D eigenvalue weighted by Crippen LogP contribution is -2.41. The molecule has 0 bridgehead atoms. The quantitative estimate of drug-likeness (QED) is 0.754. The molecule has 4 rings (SSSR count). The van der Waals surface area contributed by atoms with E-state index < -0.39 is 0 Å². The summed E-state index contributed by atoms with van der Waals surface area (Å²) < 4.78 is 11.3. The number of rotatable bonds is 5. The van der Waals surface area contributed by atoms with Gasteiger partial charge in [0.1, 0.15) is 5.75 Å². The number of likely N-dealkylation sites (tertiary alicyclic amines) is 1. The van der Waals surface area contributed by atoms with Crippen molar-refractivity contribution in [2.24, 2.45) is 5.92 Å². The first-order chi connectivity index (χ1) is 14.2. The molecular weight excluding hydrogens is 388 g/mol. The molecule has 2 aliphatic rings. The number of nitrogens with zero attached hydrogens (tertiary/aromatic N) is 2. The Balaban J connectivity index is 1.28. The van der Waals surface area contributed by atoms with Crippen LogP contribution in [0.25, 0.3) is 0 Å². The van der Waals surface area contributed by atoms with Gasteiger partial charge < -0.3 is 19.3 Å². The summed E-state index contributed by atoms with van der Waals surface area (Å²) >= 11 is 1.49. The molecule has 0 N–H and O–H groups in total. The number of morpholine rings is 1. The van der Waals surface area contributed by atoms with Crippen molar-refractivity contribution in [1.82, 2.24) is 9.80 Å². The number of carbonyl (C=O) groups excluding carboxylic acids is 2. The molecule has 0 aliphatic carbocycles. The molecule has 2 aliphatic heterocycles. The van der Waals surface area contributed by atoms with Crippen LogP contribution in [0.3, 0.4) is 0 Å². The normalized spacial score (nSPS) is 19.8. The van der Waals surface area contributed by atoms with Crippen molar-refractivity contribution in [3.05, 3.63) is 52.2 Å². The molecule has 1 aromatic carbocycles. The van der Waals surface area contributed by atoms with E-state index in [1.54, 1.807) is 0 Å². The predicted molar refractivity (Wildman–Crippen MR) is 112 cm³/mol. The van der Waals surface area contributed by atoms with Crippen molar-refractivity contribution in [1.29, 1.82) is 0 Å². The average molecular weight is 415 g/mol. The third-order valence-electron chi connectivity index (χ3n) is 5.42. The van der Waals surface area contributed by atoms with Gasteiger partial charge in [0.2, 0.25) is 0 Å². The highest BCUT2D eigenvalue weighted by Crippen LogP contribution is 2.22. The summed E-state index contributed by atoms with van der Waals surface area (Å²) in [6, 6.07) is 11.1. The Morgan fingerprint density at radius 2 is 1.83 bits per heavy atom. The van der Waals surface area contributed by atoms with E-state index in [2.05, 4.69) is 0 Å². The smallest absolute Gasteiger partial charge is 0.263 e. The zero-order chi connectivity index (χ0) is 20.1. The fourth-order valence-electron chi connectivity index (χ4n) is 3.80. The van der Waals surface area contributed by atoms with Gasteiger partial charge in [-0.1, -0.05) is 6.07 Å². The minimum atomic E-state index is 0.0369. The highest BCUT2D eigenvalue weighted by Gasteiger charge is 2.25. The topological polar surface area (TPSA) is 59.1 Å². The van der Waals surface area contributed by atoms with Gasteiger partial charge in [0.25, 0.3) is 11.8 Å². The molecule has 3 heterocycles. The summed E-state index contributed by atoms with van der Waals surface area (Å²) in [6.45, 7) is 4.58. The zero-order valence-corrected chi connectivity index (χ0v) is 17.2. The van der Waals surface area contributed by atoms with Gasteiger partial charge in [-0.15, -0.1) is 11.3 Å². The van der Waals surface area contributed by atoms with Gasteiger partial charge in [0, 0.05) is 37.7 Å². The summed E-state index contributed by atoms with van der Waals surface area (Å²) in [5.41, 5.74) is 0.671. The van der Waals surface area contributed by atoms with Crippen molar-refractivity contribution < 1.29 is 19.1 Å². The van der Waals surface area contributed by atoms with E-state index in [4.69, 9.17) is 9.47 Å². The standard InChI is InChI=1S/C22H26N2O4S/c25-21(23-10-12-27-13-11-23)18-5-7-19(8-6-18)28-16-17-3-1-9-24(15-17)22(26)20-4-2-14-29-20/h2,4-8,14,17H,1,3,9-13,15-16H2. The molecule has 154 valence electrons. The minimum absolute atomic E-state index is 0.0369. The summed E-state index contributed by atoms with van der Waals surface area (Å²) in [5.74, 6) is 1.23. The van der Waals surface area contributed by atoms with Gasteiger partial charge in [0.15, 0.2) is 0 Å². The van der Waals surface area contributed by atoms with Crippen molar-refractivity contribution >= 4 is 23.2 Å². The maximum Gasteiger partial charge on any atom is 0.263 e. The molecule has 2 fully saturated rings. The largest absolute Gasteiger partial charge is 0.493 e. The van der Waals surface area contributed by atoms with Crippen LogP contribution in [0.15, 0.2) is 41.8 Å². The molecule has 1 unspecified atom stereocenters. The van der Waals surface area contributed by atoms with E-state index >= 15 is 0 Å². The highest BCUT2D eigenvalue weighted by atomic mass is 32.1. The molecule has 2 aromatic rings. The van der Waals surface area contributed by atoms with E-state index in [1.807, 2.05) is 51.6 Å². The second kappa shape index (κ2) is 9.41. The first kappa shape index (κ1) is 19.9. The van der Waals surface area contributed by atoms with Crippen LogP contribution in [0.5, 0.6) is 5.75 Å². The summed E-state index contributed by atoms with van der Waals surface area (Å²) in [6.07, 6.45) is 2.06. The molecular formula is C22H26N2O4S. The van der Waals surface area contributed by atoms with Crippen LogP contribution < -0.4 is 4.74 Å². The second-order valence-electron chi connectivity index (χ2n) is 7.48. The van der Waals surface area contributed by atoms with Crippen LogP contribution in [-0.2, 0) is 4.74 Å². The number of benzene rings is 1. The van der Waals surface area contributed by atoms with Gasteiger partial charge in [0.05, 0.1) is 24.7 Å². The van der Waals surface area contributed by atoms with Crippen LogP contribution in [0.4, 0.5) is 0 Å². The lowest BCUT2D eigenvalue weighted by Gasteiger charge is -2.32. The second-order valence-corrected chi connectivity index (χ2v) is 8.42. The molecule has 2 saturated heterocycles. The van der Waals surface area contributed by atoms with E-state index in [0.717, 1.165) is 36.6 Å². The fraction of sp³-hybridized carbons (Fsp3) is 0.455. The van der Waals surface area contributed by atoms with Gasteiger partial charge in [-0.2, -0.15) is 0 Å². The summed E-state index contributed by atoms with van der Waals surface area (Å²) in [5, 5.41) is 1.94. The third kappa shape index (κ3) is 4.97. The molecule has 0 saturated carbocycles. The van der Waals surface area contributed by atoms with Crippen molar-refractivity contribution in [2.75, 3.05) is 46.0 Å². The number of ether oxygens (including phenoxy) is 2.